The zero-order chi connectivity index (χ0) is 18.6. The molecule has 2 amide bonds. The molecule has 2 N–H and O–H groups in total. The van der Waals surface area contributed by atoms with Gasteiger partial charge < -0.3 is 5.32 Å². The SMILES string of the molecule is CC(NC(=O)Nc1ccc(S(=O)(=O)N(C)C)cn1)c1cccc(Cl)c1. The minimum Gasteiger partial charge on any atom is -0.331 e. The molecule has 1 unspecified atom stereocenters. The van der Waals surface area contributed by atoms with E-state index in [0.29, 0.717) is 5.02 Å². The van der Waals surface area contributed by atoms with Crippen molar-refractivity contribution in [2.24, 2.45) is 0 Å². The molecule has 0 bridgehead atoms. The Morgan fingerprint density at radius 2 is 1.96 bits per heavy atom. The molecule has 7 nitrogen and oxygen atoms in total. The summed E-state index contributed by atoms with van der Waals surface area (Å²) in [4.78, 5) is 16.1. The van der Waals surface area contributed by atoms with Crippen molar-refractivity contribution >= 4 is 33.5 Å². The first-order chi connectivity index (χ1) is 11.7. The van der Waals surface area contributed by atoms with Gasteiger partial charge >= 0.3 is 6.03 Å². The Bertz CT molecular complexity index is 854. The number of pyridine rings is 1. The van der Waals surface area contributed by atoms with Crippen LogP contribution in [0.15, 0.2) is 47.5 Å². The van der Waals surface area contributed by atoms with Gasteiger partial charge in [0.2, 0.25) is 10.0 Å². The molecule has 2 aromatic rings. The minimum absolute atomic E-state index is 0.0516. The lowest BCUT2D eigenvalue weighted by Crippen LogP contribution is -2.31. The van der Waals surface area contributed by atoms with E-state index in [-0.39, 0.29) is 16.8 Å². The van der Waals surface area contributed by atoms with Gasteiger partial charge in [-0.3, -0.25) is 5.32 Å². The number of rotatable bonds is 5. The summed E-state index contributed by atoms with van der Waals surface area (Å²) in [6.07, 6.45) is 1.20. The predicted octanol–water partition coefficient (Wildman–Crippen LogP) is 2.87. The summed E-state index contributed by atoms with van der Waals surface area (Å²) in [7, 11) is -0.678. The van der Waals surface area contributed by atoms with Crippen LogP contribution in [0.4, 0.5) is 10.6 Å². The van der Waals surface area contributed by atoms with Gasteiger partial charge in [-0.2, -0.15) is 0 Å². The summed E-state index contributed by atoms with van der Waals surface area (Å²) in [5.74, 6) is 0.244. The number of amides is 2. The van der Waals surface area contributed by atoms with Crippen LogP contribution in [0.3, 0.4) is 0 Å². The van der Waals surface area contributed by atoms with E-state index >= 15 is 0 Å². The molecule has 0 spiro atoms. The van der Waals surface area contributed by atoms with E-state index in [4.69, 9.17) is 11.6 Å². The Kier molecular flexibility index (Phi) is 5.99. The smallest absolute Gasteiger partial charge is 0.320 e. The zero-order valence-corrected chi connectivity index (χ0v) is 15.6. The zero-order valence-electron chi connectivity index (χ0n) is 14.0. The third-order valence-corrected chi connectivity index (χ3v) is 5.49. The highest BCUT2D eigenvalue weighted by Crippen LogP contribution is 2.18. The third-order valence-electron chi connectivity index (χ3n) is 3.45. The predicted molar refractivity (Wildman–Crippen MR) is 97.1 cm³/mol. The van der Waals surface area contributed by atoms with E-state index < -0.39 is 16.1 Å². The molecule has 25 heavy (non-hydrogen) atoms. The van der Waals surface area contributed by atoms with Crippen molar-refractivity contribution in [1.82, 2.24) is 14.6 Å². The number of halogens is 1. The van der Waals surface area contributed by atoms with E-state index in [1.165, 1.54) is 32.4 Å². The molecule has 0 aliphatic rings. The number of carbonyl (C=O) groups excluding carboxylic acids is 1. The van der Waals surface area contributed by atoms with Crippen LogP contribution in [-0.2, 0) is 10.0 Å². The molecule has 2 rings (SSSR count). The lowest BCUT2D eigenvalue weighted by molar-refractivity contribution is 0.249. The first-order valence-corrected chi connectivity index (χ1v) is 9.23. The first kappa shape index (κ1) is 19.2. The number of nitrogens with zero attached hydrogens (tertiary/aromatic N) is 2. The Morgan fingerprint density at radius 1 is 1.24 bits per heavy atom. The standard InChI is InChI=1S/C16H19ClN4O3S/c1-11(12-5-4-6-13(17)9-12)19-16(22)20-15-8-7-14(10-18-15)25(23,24)21(2)3/h4-11H,1-3H3,(H2,18,19,20,22). The van der Waals surface area contributed by atoms with Crippen LogP contribution in [-0.4, -0.2) is 37.8 Å². The van der Waals surface area contributed by atoms with Gasteiger partial charge in [-0.1, -0.05) is 23.7 Å². The molecular formula is C16H19ClN4O3S. The molecule has 0 fully saturated rings. The molecule has 0 radical (unpaired) electrons. The van der Waals surface area contributed by atoms with Crippen molar-refractivity contribution in [2.75, 3.05) is 19.4 Å². The Hall–Kier alpha value is -2.16. The highest BCUT2D eigenvalue weighted by Gasteiger charge is 2.17. The van der Waals surface area contributed by atoms with Gasteiger partial charge in [-0.25, -0.2) is 22.5 Å². The van der Waals surface area contributed by atoms with Crippen molar-refractivity contribution in [3.8, 4) is 0 Å². The van der Waals surface area contributed by atoms with Crippen LogP contribution in [0, 0.1) is 0 Å². The number of hydrogen-bond acceptors (Lipinski definition) is 4. The summed E-state index contributed by atoms with van der Waals surface area (Å²) in [6.45, 7) is 1.82. The number of carbonyl (C=O) groups is 1. The van der Waals surface area contributed by atoms with Crippen LogP contribution in [0.5, 0.6) is 0 Å². The summed E-state index contributed by atoms with van der Waals surface area (Å²) in [5, 5.41) is 5.91. The first-order valence-electron chi connectivity index (χ1n) is 7.41. The lowest BCUT2D eigenvalue weighted by atomic mass is 10.1. The van der Waals surface area contributed by atoms with Crippen molar-refractivity contribution in [2.45, 2.75) is 17.9 Å². The molecule has 0 aliphatic heterocycles. The van der Waals surface area contributed by atoms with E-state index in [9.17, 15) is 13.2 Å². The third kappa shape index (κ3) is 4.91. The molecule has 0 saturated heterocycles. The Morgan fingerprint density at radius 3 is 2.52 bits per heavy atom. The molecular weight excluding hydrogens is 364 g/mol. The Balaban J connectivity index is 2.01. The average molecular weight is 383 g/mol. The fraction of sp³-hybridized carbons (Fsp3) is 0.250. The summed E-state index contributed by atoms with van der Waals surface area (Å²) >= 11 is 5.94. The van der Waals surface area contributed by atoms with Gasteiger partial charge in [0.25, 0.3) is 0 Å². The Labute approximate surface area is 152 Å². The van der Waals surface area contributed by atoms with E-state index in [1.807, 2.05) is 13.0 Å². The topological polar surface area (TPSA) is 91.4 Å². The van der Waals surface area contributed by atoms with Gasteiger partial charge in [0, 0.05) is 25.3 Å². The largest absolute Gasteiger partial charge is 0.331 e. The molecule has 0 aliphatic carbocycles. The quantitative estimate of drug-likeness (QED) is 0.831. The van der Waals surface area contributed by atoms with Crippen molar-refractivity contribution < 1.29 is 13.2 Å². The number of nitrogens with one attached hydrogen (secondary N) is 2. The maximum absolute atomic E-state index is 12.0. The average Bonchev–Trinajstić information content (AvgIpc) is 2.55. The fourth-order valence-electron chi connectivity index (χ4n) is 2.03. The second-order valence-corrected chi connectivity index (χ2v) is 8.13. The van der Waals surface area contributed by atoms with Gasteiger partial charge in [0.05, 0.1) is 6.04 Å². The fourth-order valence-corrected chi connectivity index (χ4v) is 3.07. The minimum atomic E-state index is -3.55. The van der Waals surface area contributed by atoms with Crippen LogP contribution in [0.25, 0.3) is 0 Å². The highest BCUT2D eigenvalue weighted by atomic mass is 35.5. The van der Waals surface area contributed by atoms with Gasteiger partial charge in [-0.15, -0.1) is 0 Å². The van der Waals surface area contributed by atoms with Crippen LogP contribution >= 0.6 is 11.6 Å². The van der Waals surface area contributed by atoms with Crippen LogP contribution in [0.1, 0.15) is 18.5 Å². The van der Waals surface area contributed by atoms with Gasteiger partial charge in [0.1, 0.15) is 10.7 Å². The monoisotopic (exact) mass is 382 g/mol. The molecule has 1 aromatic carbocycles. The number of hydrogen-bond donors (Lipinski definition) is 2. The normalized spacial score (nSPS) is 12.7. The number of sulfonamides is 1. The van der Waals surface area contributed by atoms with E-state index in [0.717, 1.165) is 9.87 Å². The number of urea groups is 1. The second-order valence-electron chi connectivity index (χ2n) is 5.54. The highest BCUT2D eigenvalue weighted by molar-refractivity contribution is 7.89. The second kappa shape index (κ2) is 7.81. The van der Waals surface area contributed by atoms with Crippen molar-refractivity contribution in [3.63, 3.8) is 0 Å². The molecule has 9 heteroatoms. The molecule has 1 heterocycles. The molecule has 0 saturated carbocycles. The maximum atomic E-state index is 12.0. The summed E-state index contributed by atoms with van der Waals surface area (Å²) in [6, 6.07) is 9.29. The summed E-state index contributed by atoms with van der Waals surface area (Å²) in [5.41, 5.74) is 0.864. The lowest BCUT2D eigenvalue weighted by Gasteiger charge is -2.15. The molecule has 134 valence electrons. The maximum Gasteiger partial charge on any atom is 0.320 e. The van der Waals surface area contributed by atoms with E-state index in [1.54, 1.807) is 18.2 Å². The van der Waals surface area contributed by atoms with Crippen LogP contribution < -0.4 is 10.6 Å². The number of anilines is 1. The molecule has 1 atom stereocenters. The molecule has 1 aromatic heterocycles. The van der Waals surface area contributed by atoms with Crippen molar-refractivity contribution in [1.29, 1.82) is 0 Å². The summed E-state index contributed by atoms with van der Waals surface area (Å²) < 4.78 is 25.0. The van der Waals surface area contributed by atoms with Crippen molar-refractivity contribution in [3.05, 3.63) is 53.2 Å². The number of benzene rings is 1. The van der Waals surface area contributed by atoms with Gasteiger partial charge in [0.15, 0.2) is 0 Å². The van der Waals surface area contributed by atoms with Gasteiger partial charge in [-0.05, 0) is 36.8 Å². The van der Waals surface area contributed by atoms with Crippen LogP contribution in [0.2, 0.25) is 5.02 Å². The van der Waals surface area contributed by atoms with E-state index in [2.05, 4.69) is 15.6 Å². The number of aromatic nitrogens is 1.